The predicted molar refractivity (Wildman–Crippen MR) is 81.7 cm³/mol. The summed E-state index contributed by atoms with van der Waals surface area (Å²) in [5.74, 6) is 0.113. The molecule has 2 N–H and O–H groups in total. The second kappa shape index (κ2) is 6.23. The molecule has 2 aliphatic rings. The topological polar surface area (TPSA) is 41.1 Å². The van der Waals surface area contributed by atoms with Gasteiger partial charge in [0.25, 0.3) is 0 Å². The Hall–Kier alpha value is -1.61. The molecule has 3 heteroatoms. The lowest BCUT2D eigenvalue weighted by Crippen LogP contribution is -2.23. The number of carbonyl (C=O) groups is 1. The summed E-state index contributed by atoms with van der Waals surface area (Å²) < 4.78 is 0. The first-order valence-electron chi connectivity index (χ1n) is 7.61. The Kier molecular flexibility index (Phi) is 4.16. The fraction of sp³-hybridized carbons (Fsp3) is 0.471. The second-order valence-corrected chi connectivity index (χ2v) is 5.74. The zero-order chi connectivity index (χ0) is 13.8. The number of amides is 1. The van der Waals surface area contributed by atoms with Gasteiger partial charge >= 0.3 is 0 Å². The van der Waals surface area contributed by atoms with Crippen LogP contribution in [0.5, 0.6) is 0 Å². The number of hydrogen-bond acceptors (Lipinski definition) is 2. The van der Waals surface area contributed by atoms with Gasteiger partial charge in [-0.2, -0.15) is 0 Å². The Balaban J connectivity index is 1.62. The SMILES string of the molecule is O=C(CC1=CCCCC1)Nc1ccc2c(c1)CNCC2. The van der Waals surface area contributed by atoms with Gasteiger partial charge in [-0.05, 0) is 61.9 Å². The van der Waals surface area contributed by atoms with E-state index in [-0.39, 0.29) is 5.91 Å². The highest BCUT2D eigenvalue weighted by molar-refractivity contribution is 5.92. The van der Waals surface area contributed by atoms with Crippen molar-refractivity contribution < 1.29 is 4.79 Å². The molecule has 0 aromatic heterocycles. The van der Waals surface area contributed by atoms with Crippen molar-refractivity contribution in [3.63, 3.8) is 0 Å². The van der Waals surface area contributed by atoms with Crippen molar-refractivity contribution in [2.24, 2.45) is 0 Å². The third-order valence-corrected chi connectivity index (χ3v) is 4.15. The molecule has 1 heterocycles. The van der Waals surface area contributed by atoms with Crippen LogP contribution in [-0.4, -0.2) is 12.5 Å². The molecule has 0 spiro atoms. The van der Waals surface area contributed by atoms with Crippen LogP contribution in [0, 0.1) is 0 Å². The number of benzene rings is 1. The first kappa shape index (κ1) is 13.4. The standard InChI is InChI=1S/C17H22N2O/c20-17(10-13-4-2-1-3-5-13)19-16-7-6-14-8-9-18-12-15(14)11-16/h4,6-7,11,18H,1-3,5,8-10,12H2,(H,19,20). The van der Waals surface area contributed by atoms with Gasteiger partial charge in [0.1, 0.15) is 0 Å². The summed E-state index contributed by atoms with van der Waals surface area (Å²) in [5.41, 5.74) is 4.94. The molecule has 0 saturated heterocycles. The van der Waals surface area contributed by atoms with Gasteiger partial charge in [0.15, 0.2) is 0 Å². The first-order chi connectivity index (χ1) is 9.81. The van der Waals surface area contributed by atoms with Crippen molar-refractivity contribution in [2.45, 2.75) is 45.1 Å². The molecule has 0 saturated carbocycles. The summed E-state index contributed by atoms with van der Waals surface area (Å²) in [5, 5.41) is 6.40. The quantitative estimate of drug-likeness (QED) is 0.828. The molecule has 0 bridgehead atoms. The van der Waals surface area contributed by atoms with Gasteiger partial charge in [0.05, 0.1) is 0 Å². The van der Waals surface area contributed by atoms with Crippen molar-refractivity contribution in [3.8, 4) is 0 Å². The minimum Gasteiger partial charge on any atom is -0.326 e. The van der Waals surface area contributed by atoms with E-state index >= 15 is 0 Å². The largest absolute Gasteiger partial charge is 0.326 e. The summed E-state index contributed by atoms with van der Waals surface area (Å²) >= 11 is 0. The Morgan fingerprint density at radius 2 is 2.15 bits per heavy atom. The number of allylic oxidation sites excluding steroid dienone is 1. The smallest absolute Gasteiger partial charge is 0.228 e. The van der Waals surface area contributed by atoms with Gasteiger partial charge in [-0.1, -0.05) is 17.7 Å². The molecule has 106 valence electrons. The normalized spacial score (nSPS) is 18.1. The van der Waals surface area contributed by atoms with Crippen LogP contribution in [0.3, 0.4) is 0 Å². The lowest BCUT2D eigenvalue weighted by atomic mass is 9.97. The molecule has 3 rings (SSSR count). The minimum atomic E-state index is 0.113. The number of anilines is 1. The van der Waals surface area contributed by atoms with E-state index in [0.29, 0.717) is 6.42 Å². The lowest BCUT2D eigenvalue weighted by Gasteiger charge is -2.18. The molecule has 1 aromatic carbocycles. The van der Waals surface area contributed by atoms with Crippen molar-refractivity contribution in [1.29, 1.82) is 0 Å². The highest BCUT2D eigenvalue weighted by Crippen LogP contribution is 2.22. The lowest BCUT2D eigenvalue weighted by molar-refractivity contribution is -0.115. The molecule has 1 aliphatic heterocycles. The summed E-state index contributed by atoms with van der Waals surface area (Å²) in [7, 11) is 0. The number of nitrogens with one attached hydrogen (secondary N) is 2. The van der Waals surface area contributed by atoms with E-state index in [4.69, 9.17) is 0 Å². The average molecular weight is 270 g/mol. The molecule has 0 unspecified atom stereocenters. The van der Waals surface area contributed by atoms with Crippen molar-refractivity contribution in [2.75, 3.05) is 11.9 Å². The Labute approximate surface area is 120 Å². The zero-order valence-electron chi connectivity index (χ0n) is 11.9. The van der Waals surface area contributed by atoms with Crippen molar-refractivity contribution >= 4 is 11.6 Å². The van der Waals surface area contributed by atoms with E-state index in [1.165, 1.54) is 29.5 Å². The summed E-state index contributed by atoms with van der Waals surface area (Å²) in [6.45, 7) is 1.96. The fourth-order valence-electron chi connectivity index (χ4n) is 3.03. The molecule has 20 heavy (non-hydrogen) atoms. The zero-order valence-corrected chi connectivity index (χ0v) is 11.9. The highest BCUT2D eigenvalue weighted by atomic mass is 16.1. The van der Waals surface area contributed by atoms with Crippen LogP contribution in [0.1, 0.15) is 43.2 Å². The van der Waals surface area contributed by atoms with Gasteiger partial charge in [0, 0.05) is 18.7 Å². The third kappa shape index (κ3) is 3.28. The van der Waals surface area contributed by atoms with E-state index in [1.807, 2.05) is 6.07 Å². The maximum Gasteiger partial charge on any atom is 0.228 e. The fourth-order valence-corrected chi connectivity index (χ4v) is 3.03. The van der Waals surface area contributed by atoms with Crippen LogP contribution in [0.4, 0.5) is 5.69 Å². The summed E-state index contributed by atoms with van der Waals surface area (Å²) in [6.07, 6.45) is 8.58. The maximum atomic E-state index is 12.1. The number of hydrogen-bond donors (Lipinski definition) is 2. The predicted octanol–water partition coefficient (Wildman–Crippen LogP) is 3.16. The summed E-state index contributed by atoms with van der Waals surface area (Å²) in [6, 6.07) is 6.28. The van der Waals surface area contributed by atoms with Crippen LogP contribution in [0.15, 0.2) is 29.8 Å². The van der Waals surface area contributed by atoms with E-state index in [0.717, 1.165) is 38.0 Å². The first-order valence-corrected chi connectivity index (χ1v) is 7.61. The molecular weight excluding hydrogens is 248 g/mol. The van der Waals surface area contributed by atoms with Crippen LogP contribution in [0.25, 0.3) is 0 Å². The molecular formula is C17H22N2O. The Morgan fingerprint density at radius 3 is 3.00 bits per heavy atom. The van der Waals surface area contributed by atoms with E-state index in [2.05, 4.69) is 28.8 Å². The number of carbonyl (C=O) groups excluding carboxylic acids is 1. The van der Waals surface area contributed by atoms with Crippen LogP contribution in [0.2, 0.25) is 0 Å². The number of fused-ring (bicyclic) bond motifs is 1. The molecule has 3 nitrogen and oxygen atoms in total. The monoisotopic (exact) mass is 270 g/mol. The highest BCUT2D eigenvalue weighted by Gasteiger charge is 2.12. The van der Waals surface area contributed by atoms with Gasteiger partial charge in [-0.3, -0.25) is 4.79 Å². The van der Waals surface area contributed by atoms with Crippen LogP contribution in [-0.2, 0) is 17.8 Å². The van der Waals surface area contributed by atoms with Gasteiger partial charge < -0.3 is 10.6 Å². The second-order valence-electron chi connectivity index (χ2n) is 5.74. The van der Waals surface area contributed by atoms with Gasteiger partial charge in [0.2, 0.25) is 5.91 Å². The molecule has 1 aromatic rings. The maximum absolute atomic E-state index is 12.1. The minimum absolute atomic E-state index is 0.113. The van der Waals surface area contributed by atoms with E-state index in [9.17, 15) is 4.79 Å². The molecule has 0 radical (unpaired) electrons. The Morgan fingerprint density at radius 1 is 1.20 bits per heavy atom. The molecule has 0 fully saturated rings. The van der Waals surface area contributed by atoms with Gasteiger partial charge in [-0.25, -0.2) is 0 Å². The summed E-state index contributed by atoms with van der Waals surface area (Å²) in [4.78, 5) is 12.1. The Bertz CT molecular complexity index is 534. The molecule has 1 aliphatic carbocycles. The van der Waals surface area contributed by atoms with E-state index in [1.54, 1.807) is 0 Å². The van der Waals surface area contributed by atoms with Crippen LogP contribution >= 0.6 is 0 Å². The number of rotatable bonds is 3. The molecule has 1 amide bonds. The van der Waals surface area contributed by atoms with E-state index < -0.39 is 0 Å². The average Bonchev–Trinajstić information content (AvgIpc) is 2.48. The van der Waals surface area contributed by atoms with Crippen molar-refractivity contribution in [3.05, 3.63) is 41.0 Å². The molecule has 0 atom stereocenters. The van der Waals surface area contributed by atoms with Crippen molar-refractivity contribution in [1.82, 2.24) is 5.32 Å². The van der Waals surface area contributed by atoms with Crippen LogP contribution < -0.4 is 10.6 Å². The van der Waals surface area contributed by atoms with Gasteiger partial charge in [-0.15, -0.1) is 0 Å². The third-order valence-electron chi connectivity index (χ3n) is 4.15.